The van der Waals surface area contributed by atoms with Crippen molar-refractivity contribution in [2.45, 2.75) is 65.2 Å². The fourth-order valence-electron chi connectivity index (χ4n) is 3.94. The normalized spacial score (nSPS) is 15.7. The van der Waals surface area contributed by atoms with E-state index in [2.05, 4.69) is 45.8 Å². The van der Waals surface area contributed by atoms with Gasteiger partial charge in [-0.1, -0.05) is 45.6 Å². The molecule has 8 heteroatoms. The zero-order valence-corrected chi connectivity index (χ0v) is 24.5. The van der Waals surface area contributed by atoms with Crippen LogP contribution in [0.25, 0.3) is 5.57 Å². The van der Waals surface area contributed by atoms with E-state index in [1.165, 1.54) is 18.2 Å². The summed E-state index contributed by atoms with van der Waals surface area (Å²) in [5, 5.41) is 2.73. The number of nitrogens with one attached hydrogen (secondary N) is 1. The van der Waals surface area contributed by atoms with E-state index in [0.29, 0.717) is 24.3 Å². The maximum atomic E-state index is 14.1. The van der Waals surface area contributed by atoms with Gasteiger partial charge in [0.1, 0.15) is 12.4 Å². The SMILES string of the molecule is C=CCOC(=O)Nc1cc(C)c(C)cc1C(=O)N1C=C(c2ccc(F)cc2)C[C@H]1CO[Si](C)(C)C(C)(C)C. The average molecular weight is 539 g/mol. The predicted octanol–water partition coefficient (Wildman–Crippen LogP) is 7.45. The van der Waals surface area contributed by atoms with Crippen LogP contribution in [0, 0.1) is 19.7 Å². The highest BCUT2D eigenvalue weighted by Gasteiger charge is 2.40. The van der Waals surface area contributed by atoms with Crippen LogP contribution in [0.3, 0.4) is 0 Å². The quantitative estimate of drug-likeness (QED) is 0.280. The Balaban J connectivity index is 1.98. The van der Waals surface area contributed by atoms with Crippen molar-refractivity contribution < 1.29 is 23.1 Å². The Morgan fingerprint density at radius 2 is 1.79 bits per heavy atom. The number of anilines is 1. The number of aryl methyl sites for hydroxylation is 2. The first kappa shape index (κ1) is 29.3. The molecule has 0 spiro atoms. The van der Waals surface area contributed by atoms with Gasteiger partial charge in [-0.05, 0) is 84.9 Å². The summed E-state index contributed by atoms with van der Waals surface area (Å²) in [5.74, 6) is -0.569. The summed E-state index contributed by atoms with van der Waals surface area (Å²) in [5.41, 5.74) is 4.37. The molecule has 0 saturated heterocycles. The average Bonchev–Trinajstić information content (AvgIpc) is 3.27. The number of nitrogens with zero attached hydrogens (tertiary/aromatic N) is 1. The molecule has 1 heterocycles. The Kier molecular flexibility index (Phi) is 9.00. The molecule has 1 aliphatic heterocycles. The summed E-state index contributed by atoms with van der Waals surface area (Å²) in [4.78, 5) is 28.1. The molecule has 0 saturated carbocycles. The lowest BCUT2D eigenvalue weighted by Crippen LogP contribution is -2.45. The second-order valence-corrected chi connectivity index (χ2v) is 16.1. The lowest BCUT2D eigenvalue weighted by atomic mass is 10.0. The smallest absolute Gasteiger partial charge is 0.411 e. The molecule has 6 nitrogen and oxygen atoms in total. The fourth-order valence-corrected chi connectivity index (χ4v) is 4.98. The number of ether oxygens (including phenoxy) is 1. The van der Waals surface area contributed by atoms with Gasteiger partial charge in [0.2, 0.25) is 0 Å². The number of hydrogen-bond donors (Lipinski definition) is 1. The number of amides is 2. The van der Waals surface area contributed by atoms with E-state index < -0.39 is 14.4 Å². The Morgan fingerprint density at radius 1 is 1.16 bits per heavy atom. The third-order valence-electron chi connectivity index (χ3n) is 7.47. The van der Waals surface area contributed by atoms with Gasteiger partial charge >= 0.3 is 6.09 Å². The summed E-state index contributed by atoms with van der Waals surface area (Å²) >= 11 is 0. The van der Waals surface area contributed by atoms with E-state index >= 15 is 0 Å². The van der Waals surface area contributed by atoms with Crippen LogP contribution in [0.5, 0.6) is 0 Å². The van der Waals surface area contributed by atoms with Crippen LogP contribution in [0.15, 0.2) is 55.3 Å². The van der Waals surface area contributed by atoms with Crippen LogP contribution in [0.1, 0.15) is 54.2 Å². The van der Waals surface area contributed by atoms with Crippen molar-refractivity contribution in [2.75, 3.05) is 18.5 Å². The zero-order valence-electron chi connectivity index (χ0n) is 23.5. The van der Waals surface area contributed by atoms with Gasteiger partial charge in [-0.25, -0.2) is 9.18 Å². The van der Waals surface area contributed by atoms with Crippen molar-refractivity contribution in [1.82, 2.24) is 4.90 Å². The van der Waals surface area contributed by atoms with Gasteiger partial charge in [-0.2, -0.15) is 0 Å². The molecule has 0 radical (unpaired) electrons. The number of hydrogen-bond acceptors (Lipinski definition) is 4. The fraction of sp³-hybridized carbons (Fsp3) is 0.400. The Bertz CT molecular complexity index is 1230. The van der Waals surface area contributed by atoms with Crippen molar-refractivity contribution in [1.29, 1.82) is 0 Å². The first-order chi connectivity index (χ1) is 17.7. The highest BCUT2D eigenvalue weighted by atomic mass is 28.4. The van der Waals surface area contributed by atoms with Gasteiger partial charge in [-0.3, -0.25) is 10.1 Å². The van der Waals surface area contributed by atoms with E-state index in [4.69, 9.17) is 9.16 Å². The minimum Gasteiger partial charge on any atom is -0.445 e. The second-order valence-electron chi connectivity index (χ2n) is 11.3. The van der Waals surface area contributed by atoms with Gasteiger partial charge in [0, 0.05) is 6.20 Å². The lowest BCUT2D eigenvalue weighted by molar-refractivity contribution is 0.0739. The van der Waals surface area contributed by atoms with E-state index in [1.807, 2.05) is 20.0 Å². The molecule has 0 unspecified atom stereocenters. The van der Waals surface area contributed by atoms with E-state index in [-0.39, 0.29) is 29.4 Å². The number of rotatable bonds is 8. The minimum atomic E-state index is -2.08. The topological polar surface area (TPSA) is 67.9 Å². The summed E-state index contributed by atoms with van der Waals surface area (Å²) in [7, 11) is -2.08. The maximum Gasteiger partial charge on any atom is 0.411 e. The first-order valence-corrected chi connectivity index (χ1v) is 15.7. The number of halogens is 1. The predicted molar refractivity (Wildman–Crippen MR) is 153 cm³/mol. The van der Waals surface area contributed by atoms with E-state index in [0.717, 1.165) is 22.3 Å². The Morgan fingerprint density at radius 3 is 2.39 bits per heavy atom. The molecular formula is C30H39FN2O4Si. The van der Waals surface area contributed by atoms with Crippen molar-refractivity contribution >= 4 is 31.6 Å². The van der Waals surface area contributed by atoms with Gasteiger partial charge in [0.05, 0.1) is 23.9 Å². The molecule has 2 aromatic carbocycles. The molecular weight excluding hydrogens is 499 g/mol. The van der Waals surface area contributed by atoms with Gasteiger partial charge in [-0.15, -0.1) is 0 Å². The van der Waals surface area contributed by atoms with Crippen LogP contribution in [-0.2, 0) is 9.16 Å². The second kappa shape index (κ2) is 11.7. The molecule has 0 aliphatic carbocycles. The van der Waals surface area contributed by atoms with Crippen LogP contribution in [0.2, 0.25) is 18.1 Å². The molecule has 0 aromatic heterocycles. The molecule has 2 amide bonds. The first-order valence-electron chi connectivity index (χ1n) is 12.8. The van der Waals surface area contributed by atoms with Crippen LogP contribution in [-0.4, -0.2) is 44.5 Å². The van der Waals surface area contributed by atoms with Gasteiger partial charge in [0.25, 0.3) is 5.91 Å². The molecule has 1 atom stereocenters. The van der Waals surface area contributed by atoms with Crippen molar-refractivity contribution in [3.8, 4) is 0 Å². The van der Waals surface area contributed by atoms with E-state index in [9.17, 15) is 14.0 Å². The summed E-state index contributed by atoms with van der Waals surface area (Å²) in [6.45, 7) is 18.7. The van der Waals surface area contributed by atoms with E-state index in [1.54, 1.807) is 29.2 Å². The number of carbonyl (C=O) groups excluding carboxylic acids is 2. The zero-order chi connectivity index (χ0) is 28.3. The summed E-state index contributed by atoms with van der Waals surface area (Å²) in [6.07, 6.45) is 3.21. The largest absolute Gasteiger partial charge is 0.445 e. The standard InChI is InChI=1S/C30H39FN2O4Si/c1-9-14-36-29(35)32-27-16-21(3)20(2)15-26(27)28(34)33-18-23(22-10-12-24(31)13-11-22)17-25(33)19-37-38(7,8)30(4,5)6/h9-13,15-16,18,25H,1,14,17,19H2,2-8H3,(H,32,35)/t25-/m0/s1. The van der Waals surface area contributed by atoms with Crippen LogP contribution in [0.4, 0.5) is 14.9 Å². The van der Waals surface area contributed by atoms with Crippen LogP contribution < -0.4 is 5.32 Å². The molecule has 38 heavy (non-hydrogen) atoms. The molecule has 1 N–H and O–H groups in total. The molecule has 0 fully saturated rings. The monoisotopic (exact) mass is 538 g/mol. The highest BCUT2D eigenvalue weighted by Crippen LogP contribution is 2.38. The maximum absolute atomic E-state index is 14.1. The van der Waals surface area contributed by atoms with Crippen LogP contribution >= 0.6 is 0 Å². The van der Waals surface area contributed by atoms with Crippen molar-refractivity contribution in [3.63, 3.8) is 0 Å². The van der Waals surface area contributed by atoms with Gasteiger partial charge < -0.3 is 14.1 Å². The Hall–Kier alpha value is -3.23. The highest BCUT2D eigenvalue weighted by molar-refractivity contribution is 6.74. The molecule has 3 rings (SSSR count). The Labute approximate surface area is 226 Å². The lowest BCUT2D eigenvalue weighted by Gasteiger charge is -2.38. The minimum absolute atomic E-state index is 0.0185. The third kappa shape index (κ3) is 6.79. The van der Waals surface area contributed by atoms with Crippen molar-refractivity contribution in [3.05, 3.63) is 83.3 Å². The van der Waals surface area contributed by atoms with Crippen molar-refractivity contribution in [2.24, 2.45) is 0 Å². The summed E-state index contributed by atoms with van der Waals surface area (Å²) in [6, 6.07) is 9.60. The van der Waals surface area contributed by atoms with Gasteiger partial charge in [0.15, 0.2) is 8.32 Å². The third-order valence-corrected chi connectivity index (χ3v) is 12.0. The molecule has 0 bridgehead atoms. The molecule has 2 aromatic rings. The summed E-state index contributed by atoms with van der Waals surface area (Å²) < 4.78 is 25.2. The number of benzene rings is 2. The molecule has 204 valence electrons. The number of carbonyl (C=O) groups is 2. The molecule has 1 aliphatic rings.